The van der Waals surface area contributed by atoms with E-state index in [0.717, 1.165) is 17.2 Å². The first-order chi connectivity index (χ1) is 9.15. The smallest absolute Gasteiger partial charge is 0.218 e. The van der Waals surface area contributed by atoms with Crippen LogP contribution in [-0.4, -0.2) is 16.9 Å². The van der Waals surface area contributed by atoms with E-state index in [1.807, 2.05) is 6.92 Å². The fourth-order valence-electron chi connectivity index (χ4n) is 2.88. The molecule has 0 saturated heterocycles. The maximum absolute atomic E-state index is 11.2. The van der Waals surface area contributed by atoms with E-state index in [0.29, 0.717) is 12.3 Å². The van der Waals surface area contributed by atoms with Crippen molar-refractivity contribution in [3.63, 3.8) is 0 Å². The molecule has 0 radical (unpaired) electrons. The predicted octanol–water partition coefficient (Wildman–Crippen LogP) is 2.37. The third-order valence-corrected chi connectivity index (χ3v) is 4.67. The number of thiazole rings is 1. The van der Waals surface area contributed by atoms with Crippen molar-refractivity contribution in [1.29, 1.82) is 0 Å². The van der Waals surface area contributed by atoms with E-state index in [1.165, 1.54) is 32.1 Å². The van der Waals surface area contributed by atoms with Crippen LogP contribution in [-0.2, 0) is 11.3 Å². The van der Waals surface area contributed by atoms with Crippen molar-refractivity contribution >= 4 is 17.2 Å². The first kappa shape index (κ1) is 14.5. The van der Waals surface area contributed by atoms with Gasteiger partial charge in [-0.3, -0.25) is 4.79 Å². The van der Waals surface area contributed by atoms with Crippen LogP contribution in [0.15, 0.2) is 5.38 Å². The summed E-state index contributed by atoms with van der Waals surface area (Å²) >= 11 is 1.66. The van der Waals surface area contributed by atoms with Gasteiger partial charge in [-0.1, -0.05) is 19.3 Å². The van der Waals surface area contributed by atoms with Gasteiger partial charge in [-0.15, -0.1) is 11.3 Å². The minimum absolute atomic E-state index is 0.208. The summed E-state index contributed by atoms with van der Waals surface area (Å²) in [5, 5.41) is 6.65. The van der Waals surface area contributed by atoms with Gasteiger partial charge in [0.2, 0.25) is 5.91 Å². The highest BCUT2D eigenvalue weighted by Gasteiger charge is 2.24. The largest absolute Gasteiger partial charge is 0.370 e. The number of carbonyl (C=O) groups excluding carboxylic acids is 1. The molecule has 1 aliphatic rings. The lowest BCUT2D eigenvalue weighted by atomic mass is 9.82. The first-order valence-corrected chi connectivity index (χ1v) is 7.96. The standard InChI is InChI=1S/C14H23N3OS/c1-10-17-12(9-19-10)8-16-13(7-14(15)18)11-5-3-2-4-6-11/h9,11,13,16H,2-8H2,1H3,(H2,15,18)/t13-/m0/s1. The maximum Gasteiger partial charge on any atom is 0.218 e. The molecular weight excluding hydrogens is 258 g/mol. The molecule has 4 nitrogen and oxygen atoms in total. The highest BCUT2D eigenvalue weighted by molar-refractivity contribution is 7.09. The molecule has 106 valence electrons. The zero-order valence-electron chi connectivity index (χ0n) is 11.5. The third-order valence-electron chi connectivity index (χ3n) is 3.85. The number of aryl methyl sites for hydroxylation is 1. The van der Waals surface area contributed by atoms with E-state index in [-0.39, 0.29) is 11.9 Å². The van der Waals surface area contributed by atoms with Crippen molar-refractivity contribution in [2.75, 3.05) is 0 Å². The highest BCUT2D eigenvalue weighted by Crippen LogP contribution is 2.28. The third kappa shape index (κ3) is 4.58. The molecule has 0 aliphatic heterocycles. The van der Waals surface area contributed by atoms with E-state index in [1.54, 1.807) is 11.3 Å². The normalized spacial score (nSPS) is 18.4. The van der Waals surface area contributed by atoms with Crippen molar-refractivity contribution in [3.8, 4) is 0 Å². The number of carbonyl (C=O) groups is 1. The fraction of sp³-hybridized carbons (Fsp3) is 0.714. The zero-order valence-corrected chi connectivity index (χ0v) is 12.3. The Morgan fingerprint density at radius 1 is 1.53 bits per heavy atom. The molecule has 0 spiro atoms. The molecule has 1 amide bonds. The van der Waals surface area contributed by atoms with Crippen LogP contribution in [0.25, 0.3) is 0 Å². The lowest BCUT2D eigenvalue weighted by Gasteiger charge is -2.30. The fourth-order valence-corrected chi connectivity index (χ4v) is 3.50. The summed E-state index contributed by atoms with van der Waals surface area (Å²) in [7, 11) is 0. The topological polar surface area (TPSA) is 68.0 Å². The van der Waals surface area contributed by atoms with Gasteiger partial charge >= 0.3 is 0 Å². The second kappa shape index (κ2) is 7.01. The molecule has 1 aliphatic carbocycles. The minimum atomic E-state index is -0.211. The Labute approximate surface area is 118 Å². The highest BCUT2D eigenvalue weighted by atomic mass is 32.1. The van der Waals surface area contributed by atoms with Gasteiger partial charge in [-0.2, -0.15) is 0 Å². The Kier molecular flexibility index (Phi) is 5.34. The van der Waals surface area contributed by atoms with Gasteiger partial charge in [0, 0.05) is 24.4 Å². The molecule has 1 aromatic rings. The summed E-state index contributed by atoms with van der Waals surface area (Å²) in [4.78, 5) is 15.7. The molecule has 0 bridgehead atoms. The Hall–Kier alpha value is -0.940. The molecule has 1 saturated carbocycles. The van der Waals surface area contributed by atoms with E-state index < -0.39 is 0 Å². The van der Waals surface area contributed by atoms with Gasteiger partial charge in [-0.25, -0.2) is 4.98 Å². The molecule has 1 aromatic heterocycles. The van der Waals surface area contributed by atoms with Crippen LogP contribution < -0.4 is 11.1 Å². The molecule has 5 heteroatoms. The summed E-state index contributed by atoms with van der Waals surface area (Å²) in [6.07, 6.45) is 6.73. The first-order valence-electron chi connectivity index (χ1n) is 7.08. The van der Waals surface area contributed by atoms with E-state index in [9.17, 15) is 4.79 Å². The lowest BCUT2D eigenvalue weighted by molar-refractivity contribution is -0.118. The second-order valence-corrected chi connectivity index (χ2v) is 6.48. The number of rotatable bonds is 6. The SMILES string of the molecule is Cc1nc(CN[C@@H](CC(N)=O)C2CCCCC2)cs1. The summed E-state index contributed by atoms with van der Waals surface area (Å²) in [6.45, 7) is 2.75. The van der Waals surface area contributed by atoms with Crippen molar-refractivity contribution in [1.82, 2.24) is 10.3 Å². The predicted molar refractivity (Wildman–Crippen MR) is 77.9 cm³/mol. The lowest BCUT2D eigenvalue weighted by Crippen LogP contribution is -2.40. The number of hydrogen-bond donors (Lipinski definition) is 2. The summed E-state index contributed by atoms with van der Waals surface area (Å²) in [5.74, 6) is 0.374. The van der Waals surface area contributed by atoms with Crippen molar-refractivity contribution in [2.24, 2.45) is 11.7 Å². The number of nitrogens with zero attached hydrogens (tertiary/aromatic N) is 1. The summed E-state index contributed by atoms with van der Waals surface area (Å²) < 4.78 is 0. The number of hydrogen-bond acceptors (Lipinski definition) is 4. The van der Waals surface area contributed by atoms with Crippen LogP contribution in [0.5, 0.6) is 0 Å². The van der Waals surface area contributed by atoms with Crippen molar-refractivity contribution < 1.29 is 4.79 Å². The minimum Gasteiger partial charge on any atom is -0.370 e. The number of aromatic nitrogens is 1. The van der Waals surface area contributed by atoms with Crippen LogP contribution in [0.1, 0.15) is 49.2 Å². The molecule has 2 rings (SSSR count). The number of nitrogens with two attached hydrogens (primary N) is 1. The maximum atomic E-state index is 11.2. The molecule has 1 heterocycles. The van der Waals surface area contributed by atoms with E-state index >= 15 is 0 Å². The number of nitrogens with one attached hydrogen (secondary N) is 1. The van der Waals surface area contributed by atoms with Gasteiger partial charge in [0.25, 0.3) is 0 Å². The Morgan fingerprint density at radius 2 is 2.26 bits per heavy atom. The van der Waals surface area contributed by atoms with Crippen LogP contribution in [0, 0.1) is 12.8 Å². The molecule has 1 atom stereocenters. The number of amides is 1. The molecular formula is C14H23N3OS. The zero-order chi connectivity index (χ0) is 13.7. The van der Waals surface area contributed by atoms with Gasteiger partial charge in [0.1, 0.15) is 0 Å². The Morgan fingerprint density at radius 3 is 2.84 bits per heavy atom. The van der Waals surface area contributed by atoms with Crippen molar-refractivity contribution in [3.05, 3.63) is 16.1 Å². The van der Waals surface area contributed by atoms with Gasteiger partial charge in [0.05, 0.1) is 10.7 Å². The van der Waals surface area contributed by atoms with Gasteiger partial charge in [0.15, 0.2) is 0 Å². The molecule has 0 unspecified atom stereocenters. The van der Waals surface area contributed by atoms with Crippen molar-refractivity contribution in [2.45, 2.75) is 58.0 Å². The van der Waals surface area contributed by atoms with Gasteiger partial charge < -0.3 is 11.1 Å². The van der Waals surface area contributed by atoms with Crippen LogP contribution in [0.3, 0.4) is 0 Å². The molecule has 19 heavy (non-hydrogen) atoms. The monoisotopic (exact) mass is 281 g/mol. The summed E-state index contributed by atoms with van der Waals surface area (Å²) in [5.41, 5.74) is 6.44. The molecule has 3 N–H and O–H groups in total. The average Bonchev–Trinajstić information content (AvgIpc) is 2.81. The molecule has 1 fully saturated rings. The quantitative estimate of drug-likeness (QED) is 0.841. The average molecular weight is 281 g/mol. The van der Waals surface area contributed by atoms with Crippen LogP contribution in [0.4, 0.5) is 0 Å². The van der Waals surface area contributed by atoms with Gasteiger partial charge in [-0.05, 0) is 25.7 Å². The van der Waals surface area contributed by atoms with E-state index in [4.69, 9.17) is 5.73 Å². The Bertz CT molecular complexity index is 413. The van der Waals surface area contributed by atoms with Crippen LogP contribution >= 0.6 is 11.3 Å². The second-order valence-electron chi connectivity index (χ2n) is 5.41. The summed E-state index contributed by atoms with van der Waals surface area (Å²) in [6, 6.07) is 0.208. The van der Waals surface area contributed by atoms with Crippen LogP contribution in [0.2, 0.25) is 0 Å². The van der Waals surface area contributed by atoms with E-state index in [2.05, 4.69) is 15.7 Å². The number of primary amides is 1. The Balaban J connectivity index is 1.90. The molecule has 0 aromatic carbocycles.